The Morgan fingerprint density at radius 3 is 2.70 bits per heavy atom. The minimum absolute atomic E-state index is 0.0637. The van der Waals surface area contributed by atoms with Crippen LogP contribution in [0.3, 0.4) is 0 Å². The summed E-state index contributed by atoms with van der Waals surface area (Å²) in [5, 5.41) is 8.23. The highest BCUT2D eigenvalue weighted by Crippen LogP contribution is 2.24. The highest BCUT2D eigenvalue weighted by atomic mass is 16.5. The Morgan fingerprint density at radius 2 is 2.00 bits per heavy atom. The lowest BCUT2D eigenvalue weighted by Gasteiger charge is -2.33. The van der Waals surface area contributed by atoms with Crippen LogP contribution in [0.5, 0.6) is 5.75 Å². The van der Waals surface area contributed by atoms with Crippen molar-refractivity contribution in [2.24, 2.45) is 7.05 Å². The van der Waals surface area contributed by atoms with Gasteiger partial charge in [-0.15, -0.1) is 0 Å². The second-order valence-electron chi connectivity index (χ2n) is 6.80. The van der Waals surface area contributed by atoms with Crippen LogP contribution in [0.25, 0.3) is 10.9 Å². The average Bonchev–Trinajstić information content (AvgIpc) is 3.14. The smallest absolute Gasteiger partial charge is 0.269 e. The standard InChI is InChI=1S/C20H23N5O2/c1-24-18(7-10-21-24)20(26)22-15-8-11-25(12-9-15)19-6-3-14-13-16(27-2)4-5-17(14)23-19/h3-7,10,13,15H,8-9,11-12H2,1-2H3,(H,22,26). The van der Waals surface area contributed by atoms with E-state index in [-0.39, 0.29) is 11.9 Å². The van der Waals surface area contributed by atoms with E-state index in [1.54, 1.807) is 31.1 Å². The molecule has 3 aromatic rings. The number of aryl methyl sites for hydroxylation is 1. The molecule has 1 N–H and O–H groups in total. The maximum absolute atomic E-state index is 12.3. The summed E-state index contributed by atoms with van der Waals surface area (Å²) in [5.74, 6) is 1.75. The number of pyridine rings is 1. The van der Waals surface area contributed by atoms with Gasteiger partial charge in [0.25, 0.3) is 5.91 Å². The Labute approximate surface area is 157 Å². The van der Waals surface area contributed by atoms with E-state index in [9.17, 15) is 4.79 Å². The molecule has 1 fully saturated rings. The minimum Gasteiger partial charge on any atom is -0.497 e. The van der Waals surface area contributed by atoms with Gasteiger partial charge in [-0.3, -0.25) is 9.48 Å². The van der Waals surface area contributed by atoms with Crippen molar-refractivity contribution in [3.8, 4) is 5.75 Å². The van der Waals surface area contributed by atoms with Crippen molar-refractivity contribution in [3.05, 3.63) is 48.3 Å². The molecule has 1 aromatic carbocycles. The number of rotatable bonds is 4. The number of ether oxygens (including phenoxy) is 1. The van der Waals surface area contributed by atoms with Gasteiger partial charge in [0.2, 0.25) is 0 Å². The zero-order valence-corrected chi connectivity index (χ0v) is 15.6. The lowest BCUT2D eigenvalue weighted by molar-refractivity contribution is 0.0921. The molecule has 2 aromatic heterocycles. The van der Waals surface area contributed by atoms with Gasteiger partial charge < -0.3 is 15.0 Å². The van der Waals surface area contributed by atoms with Gasteiger partial charge >= 0.3 is 0 Å². The molecule has 1 aliphatic rings. The zero-order chi connectivity index (χ0) is 18.8. The molecule has 140 valence electrons. The van der Waals surface area contributed by atoms with Gasteiger partial charge in [-0.2, -0.15) is 5.10 Å². The molecular weight excluding hydrogens is 342 g/mol. The number of hydrogen-bond donors (Lipinski definition) is 1. The van der Waals surface area contributed by atoms with Crippen LogP contribution in [0, 0.1) is 0 Å². The number of aromatic nitrogens is 3. The van der Waals surface area contributed by atoms with E-state index in [1.807, 2.05) is 18.2 Å². The average molecular weight is 365 g/mol. The summed E-state index contributed by atoms with van der Waals surface area (Å²) >= 11 is 0. The summed E-state index contributed by atoms with van der Waals surface area (Å²) in [7, 11) is 3.44. The summed E-state index contributed by atoms with van der Waals surface area (Å²) in [6, 6.07) is 11.9. The first kappa shape index (κ1) is 17.3. The number of carbonyl (C=O) groups is 1. The number of piperidine rings is 1. The van der Waals surface area contributed by atoms with Crippen LogP contribution in [-0.2, 0) is 7.05 Å². The third-order valence-electron chi connectivity index (χ3n) is 5.09. The van der Waals surface area contributed by atoms with Gasteiger partial charge in [0.1, 0.15) is 17.3 Å². The van der Waals surface area contributed by atoms with Crippen LogP contribution in [0.15, 0.2) is 42.6 Å². The fourth-order valence-electron chi connectivity index (χ4n) is 3.50. The number of nitrogens with one attached hydrogen (secondary N) is 1. The highest BCUT2D eigenvalue weighted by Gasteiger charge is 2.23. The normalized spacial score (nSPS) is 15.1. The van der Waals surface area contributed by atoms with E-state index in [4.69, 9.17) is 9.72 Å². The first-order valence-electron chi connectivity index (χ1n) is 9.12. The van der Waals surface area contributed by atoms with Gasteiger partial charge in [0.05, 0.1) is 12.6 Å². The molecule has 0 unspecified atom stereocenters. The van der Waals surface area contributed by atoms with Crippen molar-refractivity contribution >= 4 is 22.6 Å². The molecule has 1 amide bonds. The third kappa shape index (κ3) is 3.58. The van der Waals surface area contributed by atoms with Gasteiger partial charge in [-0.25, -0.2) is 4.98 Å². The highest BCUT2D eigenvalue weighted by molar-refractivity contribution is 5.92. The summed E-state index contributed by atoms with van der Waals surface area (Å²) in [5.41, 5.74) is 1.55. The lowest BCUT2D eigenvalue weighted by Crippen LogP contribution is -2.45. The predicted octanol–water partition coefficient (Wildman–Crippen LogP) is 2.38. The molecule has 0 saturated carbocycles. The first-order chi connectivity index (χ1) is 13.1. The van der Waals surface area contributed by atoms with Gasteiger partial charge in [-0.05, 0) is 49.2 Å². The van der Waals surface area contributed by atoms with E-state index in [0.29, 0.717) is 5.69 Å². The van der Waals surface area contributed by atoms with E-state index in [0.717, 1.165) is 48.4 Å². The molecule has 7 heteroatoms. The number of carbonyl (C=O) groups excluding carboxylic acids is 1. The Bertz CT molecular complexity index is 960. The molecule has 4 rings (SSSR count). The Balaban J connectivity index is 1.39. The molecule has 0 atom stereocenters. The summed E-state index contributed by atoms with van der Waals surface area (Å²) < 4.78 is 6.86. The number of nitrogens with zero attached hydrogens (tertiary/aromatic N) is 4. The largest absolute Gasteiger partial charge is 0.497 e. The molecule has 1 aliphatic heterocycles. The predicted molar refractivity (Wildman–Crippen MR) is 104 cm³/mol. The molecule has 27 heavy (non-hydrogen) atoms. The van der Waals surface area contributed by atoms with Gasteiger partial charge in [0.15, 0.2) is 0 Å². The maximum atomic E-state index is 12.3. The van der Waals surface area contributed by atoms with Crippen LogP contribution in [-0.4, -0.2) is 46.9 Å². The van der Waals surface area contributed by atoms with Crippen LogP contribution >= 0.6 is 0 Å². The molecular formula is C20H23N5O2. The topological polar surface area (TPSA) is 72.3 Å². The summed E-state index contributed by atoms with van der Waals surface area (Å²) in [6.45, 7) is 1.73. The number of hydrogen-bond acceptors (Lipinski definition) is 5. The molecule has 1 saturated heterocycles. The molecule has 0 bridgehead atoms. The van der Waals surface area contributed by atoms with E-state index in [1.165, 1.54) is 0 Å². The molecule has 0 aliphatic carbocycles. The number of amides is 1. The fraction of sp³-hybridized carbons (Fsp3) is 0.350. The van der Waals surface area contributed by atoms with E-state index < -0.39 is 0 Å². The maximum Gasteiger partial charge on any atom is 0.269 e. The monoisotopic (exact) mass is 365 g/mol. The third-order valence-corrected chi connectivity index (χ3v) is 5.09. The SMILES string of the molecule is COc1ccc2nc(N3CCC(NC(=O)c4ccnn4C)CC3)ccc2c1. The Kier molecular flexibility index (Phi) is 4.66. The van der Waals surface area contributed by atoms with Crippen LogP contribution in [0.1, 0.15) is 23.3 Å². The van der Waals surface area contributed by atoms with E-state index in [2.05, 4.69) is 27.4 Å². The number of anilines is 1. The van der Waals surface area contributed by atoms with E-state index >= 15 is 0 Å². The Morgan fingerprint density at radius 1 is 1.19 bits per heavy atom. The van der Waals surface area contributed by atoms with Crippen molar-refractivity contribution in [3.63, 3.8) is 0 Å². The van der Waals surface area contributed by atoms with Crippen molar-refractivity contribution in [2.75, 3.05) is 25.1 Å². The van der Waals surface area contributed by atoms with Crippen molar-refractivity contribution in [1.29, 1.82) is 0 Å². The van der Waals surface area contributed by atoms with Gasteiger partial charge in [0, 0.05) is 37.8 Å². The number of benzene rings is 1. The first-order valence-corrected chi connectivity index (χ1v) is 9.12. The number of methoxy groups -OCH3 is 1. The van der Waals surface area contributed by atoms with Crippen molar-refractivity contribution < 1.29 is 9.53 Å². The fourth-order valence-corrected chi connectivity index (χ4v) is 3.50. The van der Waals surface area contributed by atoms with Crippen LogP contribution in [0.4, 0.5) is 5.82 Å². The zero-order valence-electron chi connectivity index (χ0n) is 15.6. The molecule has 0 radical (unpaired) electrons. The second kappa shape index (κ2) is 7.26. The van der Waals surface area contributed by atoms with Crippen molar-refractivity contribution in [1.82, 2.24) is 20.1 Å². The second-order valence-corrected chi connectivity index (χ2v) is 6.80. The number of fused-ring (bicyclic) bond motifs is 1. The minimum atomic E-state index is -0.0637. The molecule has 3 heterocycles. The summed E-state index contributed by atoms with van der Waals surface area (Å²) in [4.78, 5) is 19.4. The molecule has 7 nitrogen and oxygen atoms in total. The molecule has 0 spiro atoms. The quantitative estimate of drug-likeness (QED) is 0.769. The van der Waals surface area contributed by atoms with Crippen LogP contribution < -0.4 is 15.0 Å². The van der Waals surface area contributed by atoms with Gasteiger partial charge in [-0.1, -0.05) is 0 Å². The Hall–Kier alpha value is -3.09. The van der Waals surface area contributed by atoms with Crippen molar-refractivity contribution in [2.45, 2.75) is 18.9 Å². The van der Waals surface area contributed by atoms with Crippen LogP contribution in [0.2, 0.25) is 0 Å². The summed E-state index contributed by atoms with van der Waals surface area (Å²) in [6.07, 6.45) is 3.43. The lowest BCUT2D eigenvalue weighted by atomic mass is 10.0.